The van der Waals surface area contributed by atoms with E-state index in [1.807, 2.05) is 0 Å². The standard InChI is InChI=1S/C26H44N2O3Si2/c1-26(2)22(23(29)28(26)25(32(3,4)5)33(6,7)8)27-24(30)31-18-19-14-16-21(17-15-19)20-12-10-9-11-13-20/h14-17,20,22,25H,9-13,18H2,1-8H3,(H,27,30)/t22-/m1/s1. The van der Waals surface area contributed by atoms with Crippen LogP contribution in [-0.4, -0.2) is 49.9 Å². The van der Waals surface area contributed by atoms with Crippen molar-refractivity contribution in [1.82, 2.24) is 10.2 Å². The van der Waals surface area contributed by atoms with E-state index in [0.29, 0.717) is 11.2 Å². The number of benzene rings is 1. The molecular formula is C26H44N2O3Si2. The second-order valence-corrected chi connectivity index (χ2v) is 23.9. The van der Waals surface area contributed by atoms with Gasteiger partial charge in [0.05, 0.1) is 21.7 Å². The molecule has 2 amide bonds. The third-order valence-electron chi connectivity index (χ3n) is 7.40. The molecule has 1 N–H and O–H groups in total. The Kier molecular flexibility index (Phi) is 7.54. The summed E-state index contributed by atoms with van der Waals surface area (Å²) in [6, 6.07) is 7.94. The van der Waals surface area contributed by atoms with Crippen molar-refractivity contribution in [3.05, 3.63) is 35.4 Å². The summed E-state index contributed by atoms with van der Waals surface area (Å²) in [4.78, 5) is 27.8. The predicted octanol–water partition coefficient (Wildman–Crippen LogP) is 6.07. The smallest absolute Gasteiger partial charge is 0.408 e. The number of carbonyl (C=O) groups excluding carboxylic acids is 2. The Labute approximate surface area is 202 Å². The third-order valence-corrected chi connectivity index (χ3v) is 16.4. The highest BCUT2D eigenvalue weighted by atomic mass is 28.4. The summed E-state index contributed by atoms with van der Waals surface area (Å²) in [5, 5.41) is 3.18. The zero-order chi connectivity index (χ0) is 24.6. The monoisotopic (exact) mass is 488 g/mol. The Morgan fingerprint density at radius 1 is 1.03 bits per heavy atom. The molecule has 1 aromatic rings. The minimum absolute atomic E-state index is 0.0311. The van der Waals surface area contributed by atoms with Gasteiger partial charge in [0.2, 0.25) is 5.91 Å². The van der Waals surface area contributed by atoms with Crippen molar-refractivity contribution < 1.29 is 14.3 Å². The summed E-state index contributed by atoms with van der Waals surface area (Å²) in [6.45, 7) is 18.4. The average Bonchev–Trinajstić information content (AvgIpc) is 2.73. The number of hydrogen-bond acceptors (Lipinski definition) is 3. The van der Waals surface area contributed by atoms with Gasteiger partial charge in [0.25, 0.3) is 0 Å². The molecule has 1 aromatic carbocycles. The molecule has 1 saturated heterocycles. The van der Waals surface area contributed by atoms with Gasteiger partial charge in [-0.05, 0) is 43.7 Å². The summed E-state index contributed by atoms with van der Waals surface area (Å²) in [5.74, 6) is 0.701. The van der Waals surface area contributed by atoms with Crippen molar-refractivity contribution in [3.63, 3.8) is 0 Å². The summed E-state index contributed by atoms with van der Waals surface area (Å²) in [6.07, 6.45) is 6.02. The fraction of sp³-hybridized carbons (Fsp3) is 0.692. The van der Waals surface area contributed by atoms with Gasteiger partial charge in [-0.1, -0.05) is 82.8 Å². The highest BCUT2D eigenvalue weighted by Crippen LogP contribution is 2.40. The lowest BCUT2D eigenvalue weighted by atomic mass is 9.83. The van der Waals surface area contributed by atoms with Gasteiger partial charge in [-0.25, -0.2) is 4.79 Å². The molecule has 0 spiro atoms. The molecule has 0 aromatic heterocycles. The molecule has 1 atom stereocenters. The SMILES string of the molecule is CC1(C)[C@H](NC(=O)OCc2ccc(C3CCCCC3)cc2)C(=O)N1C([Si](C)(C)C)[Si](C)(C)C. The molecule has 33 heavy (non-hydrogen) atoms. The van der Waals surface area contributed by atoms with Gasteiger partial charge < -0.3 is 15.0 Å². The van der Waals surface area contributed by atoms with Crippen LogP contribution in [0.15, 0.2) is 24.3 Å². The minimum atomic E-state index is -1.61. The second kappa shape index (κ2) is 9.57. The second-order valence-electron chi connectivity index (χ2n) is 12.7. The number of nitrogens with zero attached hydrogens (tertiary/aromatic N) is 1. The first kappa shape index (κ1) is 26.0. The maximum absolute atomic E-state index is 13.2. The Hall–Kier alpha value is -1.61. The lowest BCUT2D eigenvalue weighted by Crippen LogP contribution is -2.84. The molecule has 0 unspecified atom stereocenters. The van der Waals surface area contributed by atoms with E-state index in [1.165, 1.54) is 37.7 Å². The molecule has 184 valence electrons. The quantitative estimate of drug-likeness (QED) is 0.374. The topological polar surface area (TPSA) is 58.6 Å². The van der Waals surface area contributed by atoms with Crippen LogP contribution in [0.5, 0.6) is 0 Å². The van der Waals surface area contributed by atoms with Crippen LogP contribution in [0, 0.1) is 0 Å². The molecule has 5 nitrogen and oxygen atoms in total. The van der Waals surface area contributed by atoms with Crippen LogP contribution in [0.1, 0.15) is 63.0 Å². The number of ether oxygens (including phenoxy) is 1. The van der Waals surface area contributed by atoms with E-state index in [1.54, 1.807) is 0 Å². The van der Waals surface area contributed by atoms with E-state index < -0.39 is 33.8 Å². The van der Waals surface area contributed by atoms with Crippen LogP contribution in [0.2, 0.25) is 39.3 Å². The number of alkyl carbamates (subject to hydrolysis) is 1. The largest absolute Gasteiger partial charge is 0.445 e. The number of rotatable bonds is 7. The molecule has 1 heterocycles. The summed E-state index contributed by atoms with van der Waals surface area (Å²) in [5.41, 5.74) is 1.95. The Morgan fingerprint density at radius 3 is 2.06 bits per heavy atom. The van der Waals surface area contributed by atoms with E-state index in [2.05, 4.69) is 87.6 Å². The van der Waals surface area contributed by atoms with Crippen molar-refractivity contribution in [3.8, 4) is 0 Å². The normalized spacial score (nSPS) is 21.7. The molecule has 2 fully saturated rings. The van der Waals surface area contributed by atoms with Gasteiger partial charge in [0.15, 0.2) is 0 Å². The van der Waals surface area contributed by atoms with Gasteiger partial charge in [0.1, 0.15) is 12.6 Å². The van der Waals surface area contributed by atoms with Crippen LogP contribution in [0.4, 0.5) is 4.79 Å². The lowest BCUT2D eigenvalue weighted by Gasteiger charge is -2.62. The van der Waals surface area contributed by atoms with Crippen molar-refractivity contribution >= 4 is 28.1 Å². The zero-order valence-corrected chi connectivity index (χ0v) is 24.0. The van der Waals surface area contributed by atoms with Crippen molar-refractivity contribution in [2.75, 3.05) is 0 Å². The maximum Gasteiger partial charge on any atom is 0.408 e. The van der Waals surface area contributed by atoms with Gasteiger partial charge in [0, 0.05) is 5.29 Å². The van der Waals surface area contributed by atoms with Gasteiger partial charge in [-0.15, -0.1) is 0 Å². The number of amides is 2. The molecule has 1 saturated carbocycles. The summed E-state index contributed by atoms with van der Waals surface area (Å²) in [7, 11) is -3.22. The fourth-order valence-corrected chi connectivity index (χ4v) is 19.1. The molecule has 1 aliphatic heterocycles. The lowest BCUT2D eigenvalue weighted by molar-refractivity contribution is -0.159. The molecule has 2 aliphatic rings. The van der Waals surface area contributed by atoms with Crippen LogP contribution in [0.25, 0.3) is 0 Å². The van der Waals surface area contributed by atoms with Crippen LogP contribution in [-0.2, 0) is 16.1 Å². The van der Waals surface area contributed by atoms with E-state index >= 15 is 0 Å². The highest BCUT2D eigenvalue weighted by Gasteiger charge is 2.61. The van der Waals surface area contributed by atoms with E-state index in [0.717, 1.165) is 5.56 Å². The van der Waals surface area contributed by atoms with Gasteiger partial charge in [-0.3, -0.25) is 4.79 Å². The predicted molar refractivity (Wildman–Crippen MR) is 141 cm³/mol. The first-order valence-electron chi connectivity index (χ1n) is 12.6. The molecule has 3 rings (SSSR count). The van der Waals surface area contributed by atoms with E-state index in [4.69, 9.17) is 4.74 Å². The third kappa shape index (κ3) is 5.73. The first-order valence-corrected chi connectivity index (χ1v) is 19.7. The molecule has 0 bridgehead atoms. The Bertz CT molecular complexity index is 836. The van der Waals surface area contributed by atoms with E-state index in [9.17, 15) is 9.59 Å². The number of β-lactam (4-membered cyclic amide) rings is 1. The van der Waals surface area contributed by atoms with Crippen LogP contribution < -0.4 is 5.32 Å². The zero-order valence-electron chi connectivity index (χ0n) is 22.0. The first-order chi connectivity index (χ1) is 15.2. The number of nitrogens with one attached hydrogen (secondary N) is 1. The summed E-state index contributed by atoms with van der Waals surface area (Å²) >= 11 is 0. The van der Waals surface area contributed by atoms with Gasteiger partial charge in [-0.2, -0.15) is 0 Å². The summed E-state index contributed by atoms with van der Waals surface area (Å²) < 4.78 is 5.49. The van der Waals surface area contributed by atoms with Crippen LogP contribution >= 0.6 is 0 Å². The number of likely N-dealkylation sites (tertiary alicyclic amines) is 1. The van der Waals surface area contributed by atoms with Crippen molar-refractivity contribution in [2.45, 2.75) is 115 Å². The average molecular weight is 489 g/mol. The molecular weight excluding hydrogens is 444 g/mol. The van der Waals surface area contributed by atoms with Crippen molar-refractivity contribution in [1.29, 1.82) is 0 Å². The molecule has 1 aliphatic carbocycles. The van der Waals surface area contributed by atoms with E-state index in [-0.39, 0.29) is 12.5 Å². The van der Waals surface area contributed by atoms with Crippen LogP contribution in [0.3, 0.4) is 0 Å². The minimum Gasteiger partial charge on any atom is -0.445 e. The fourth-order valence-electron chi connectivity index (χ4n) is 6.20. The Balaban J connectivity index is 1.57. The molecule has 0 radical (unpaired) electrons. The highest BCUT2D eigenvalue weighted by molar-refractivity contribution is 6.96. The maximum atomic E-state index is 13.2. The molecule has 7 heteroatoms. The van der Waals surface area contributed by atoms with Crippen molar-refractivity contribution in [2.24, 2.45) is 0 Å². The number of carbonyl (C=O) groups is 2. The van der Waals surface area contributed by atoms with Gasteiger partial charge >= 0.3 is 6.09 Å². The number of hydrogen-bond donors (Lipinski definition) is 1. The Morgan fingerprint density at radius 2 is 1.58 bits per heavy atom.